The van der Waals surface area contributed by atoms with Crippen molar-refractivity contribution in [2.24, 2.45) is 5.10 Å². The van der Waals surface area contributed by atoms with Gasteiger partial charge in [0.15, 0.2) is 11.5 Å². The first-order valence-electron chi connectivity index (χ1n) is 6.69. The van der Waals surface area contributed by atoms with E-state index >= 15 is 0 Å². The van der Waals surface area contributed by atoms with E-state index in [1.54, 1.807) is 12.1 Å². The van der Waals surface area contributed by atoms with Gasteiger partial charge in [0, 0.05) is 11.1 Å². The molecule has 126 valence electrons. The van der Waals surface area contributed by atoms with Crippen LogP contribution in [0.2, 0.25) is 10.0 Å². The molecule has 0 saturated carbocycles. The van der Waals surface area contributed by atoms with Gasteiger partial charge in [0.1, 0.15) is 0 Å². The number of amides is 1. The lowest BCUT2D eigenvalue weighted by atomic mass is 10.2. The summed E-state index contributed by atoms with van der Waals surface area (Å²) in [5.74, 6) is -0.0993. The van der Waals surface area contributed by atoms with Crippen molar-refractivity contribution in [1.82, 2.24) is 5.43 Å². The van der Waals surface area contributed by atoms with E-state index in [4.69, 9.17) is 32.7 Å². The predicted molar refractivity (Wildman–Crippen MR) is 92.7 cm³/mol. The fraction of sp³-hybridized carbons (Fsp3) is 0.125. The van der Waals surface area contributed by atoms with Gasteiger partial charge < -0.3 is 14.6 Å². The molecule has 6 nitrogen and oxygen atoms in total. The number of benzene rings is 2. The second kappa shape index (κ2) is 7.90. The zero-order chi connectivity index (χ0) is 17.7. The van der Waals surface area contributed by atoms with Crippen molar-refractivity contribution < 1.29 is 19.4 Å². The number of nitrogens with one attached hydrogen (secondary N) is 1. The van der Waals surface area contributed by atoms with Crippen molar-refractivity contribution in [2.75, 3.05) is 14.2 Å². The summed E-state index contributed by atoms with van der Waals surface area (Å²) in [5.41, 5.74) is 3.26. The SMILES string of the molecule is COc1cc(C=NNC(=O)c2ccc(Cl)c(Cl)c2)cc(OC)c1O. The molecule has 0 radical (unpaired) electrons. The molecule has 0 unspecified atom stereocenters. The molecule has 0 bridgehead atoms. The molecule has 0 heterocycles. The molecule has 2 aromatic rings. The van der Waals surface area contributed by atoms with Gasteiger partial charge in [-0.2, -0.15) is 5.10 Å². The van der Waals surface area contributed by atoms with Crippen molar-refractivity contribution in [3.05, 3.63) is 51.5 Å². The Balaban J connectivity index is 2.13. The smallest absolute Gasteiger partial charge is 0.271 e. The zero-order valence-corrected chi connectivity index (χ0v) is 14.4. The topological polar surface area (TPSA) is 80.2 Å². The van der Waals surface area contributed by atoms with Crippen LogP contribution < -0.4 is 14.9 Å². The Bertz CT molecular complexity index is 769. The summed E-state index contributed by atoms with van der Waals surface area (Å²) in [6.07, 6.45) is 1.39. The molecule has 0 aliphatic rings. The van der Waals surface area contributed by atoms with E-state index < -0.39 is 5.91 Å². The Kier molecular flexibility index (Phi) is 5.89. The molecule has 2 N–H and O–H groups in total. The fourth-order valence-electron chi connectivity index (χ4n) is 1.86. The highest BCUT2D eigenvalue weighted by Crippen LogP contribution is 2.36. The number of hydrogen-bond donors (Lipinski definition) is 2. The van der Waals surface area contributed by atoms with Crippen molar-refractivity contribution >= 4 is 35.3 Å². The van der Waals surface area contributed by atoms with E-state index in [-0.39, 0.29) is 22.3 Å². The van der Waals surface area contributed by atoms with Crippen LogP contribution in [0.25, 0.3) is 0 Å². The highest BCUT2D eigenvalue weighted by Gasteiger charge is 2.10. The van der Waals surface area contributed by atoms with Crippen LogP contribution in [-0.2, 0) is 0 Å². The quantitative estimate of drug-likeness (QED) is 0.625. The van der Waals surface area contributed by atoms with Crippen molar-refractivity contribution in [1.29, 1.82) is 0 Å². The van der Waals surface area contributed by atoms with Gasteiger partial charge in [0.25, 0.3) is 5.91 Å². The lowest BCUT2D eigenvalue weighted by Crippen LogP contribution is -2.17. The van der Waals surface area contributed by atoms with Crippen molar-refractivity contribution in [2.45, 2.75) is 0 Å². The molecule has 1 amide bonds. The Morgan fingerprint density at radius 2 is 1.75 bits per heavy atom. The molecule has 0 aliphatic carbocycles. The molecule has 0 saturated heterocycles. The maximum Gasteiger partial charge on any atom is 0.271 e. The Morgan fingerprint density at radius 1 is 1.12 bits per heavy atom. The minimum atomic E-state index is -0.442. The summed E-state index contributed by atoms with van der Waals surface area (Å²) >= 11 is 11.7. The number of ether oxygens (including phenoxy) is 2. The zero-order valence-electron chi connectivity index (χ0n) is 12.8. The van der Waals surface area contributed by atoms with Gasteiger partial charge in [-0.25, -0.2) is 5.43 Å². The molecular formula is C16H14Cl2N2O4. The van der Waals surface area contributed by atoms with E-state index in [1.807, 2.05) is 0 Å². The molecule has 0 aliphatic heterocycles. The molecule has 24 heavy (non-hydrogen) atoms. The third-order valence-electron chi connectivity index (χ3n) is 3.06. The summed E-state index contributed by atoms with van der Waals surface area (Å²) < 4.78 is 10.1. The summed E-state index contributed by atoms with van der Waals surface area (Å²) in [4.78, 5) is 12.0. The van der Waals surface area contributed by atoms with E-state index in [9.17, 15) is 9.90 Å². The van der Waals surface area contributed by atoms with E-state index in [0.29, 0.717) is 16.1 Å². The van der Waals surface area contributed by atoms with Gasteiger partial charge >= 0.3 is 0 Å². The van der Waals surface area contributed by atoms with Gasteiger partial charge in [-0.3, -0.25) is 4.79 Å². The second-order valence-corrected chi connectivity index (χ2v) is 5.42. The van der Waals surface area contributed by atoms with E-state index in [1.165, 1.54) is 38.6 Å². The molecule has 2 rings (SSSR count). The minimum Gasteiger partial charge on any atom is -0.502 e. The maximum absolute atomic E-state index is 12.0. The van der Waals surface area contributed by atoms with E-state index in [2.05, 4.69) is 10.5 Å². The summed E-state index contributed by atoms with van der Waals surface area (Å²) in [6.45, 7) is 0. The Labute approximate surface area is 148 Å². The van der Waals surface area contributed by atoms with Crippen molar-refractivity contribution in [3.63, 3.8) is 0 Å². The molecular weight excluding hydrogens is 355 g/mol. The van der Waals surface area contributed by atoms with Crippen LogP contribution in [0.1, 0.15) is 15.9 Å². The van der Waals surface area contributed by atoms with Crippen LogP contribution >= 0.6 is 23.2 Å². The Hall–Kier alpha value is -2.44. The number of hydrazone groups is 1. The van der Waals surface area contributed by atoms with Crippen LogP contribution in [0.3, 0.4) is 0 Å². The fourth-order valence-corrected chi connectivity index (χ4v) is 2.15. The minimum absolute atomic E-state index is 0.114. The lowest BCUT2D eigenvalue weighted by Gasteiger charge is -2.09. The summed E-state index contributed by atoms with van der Waals surface area (Å²) in [6, 6.07) is 7.60. The molecule has 0 fully saturated rings. The largest absolute Gasteiger partial charge is 0.502 e. The van der Waals surface area contributed by atoms with Gasteiger partial charge in [-0.15, -0.1) is 0 Å². The highest BCUT2D eigenvalue weighted by molar-refractivity contribution is 6.42. The average molecular weight is 369 g/mol. The third-order valence-corrected chi connectivity index (χ3v) is 3.80. The second-order valence-electron chi connectivity index (χ2n) is 4.60. The molecule has 0 atom stereocenters. The number of aromatic hydroxyl groups is 1. The number of carbonyl (C=O) groups is 1. The van der Waals surface area contributed by atoms with Gasteiger partial charge in [-0.05, 0) is 30.3 Å². The summed E-state index contributed by atoms with van der Waals surface area (Å²) in [5, 5.41) is 14.3. The predicted octanol–water partition coefficient (Wildman–Crippen LogP) is 3.48. The van der Waals surface area contributed by atoms with Crippen LogP contribution in [0.5, 0.6) is 17.2 Å². The van der Waals surface area contributed by atoms with Crippen LogP contribution in [0.15, 0.2) is 35.4 Å². The third kappa shape index (κ3) is 4.10. The van der Waals surface area contributed by atoms with Crippen LogP contribution in [0.4, 0.5) is 0 Å². The average Bonchev–Trinajstić information content (AvgIpc) is 2.58. The number of phenolic OH excluding ortho intramolecular Hbond substituents is 1. The molecule has 8 heteroatoms. The van der Waals surface area contributed by atoms with Gasteiger partial charge in [-0.1, -0.05) is 23.2 Å². The number of nitrogens with zero attached hydrogens (tertiary/aromatic N) is 1. The molecule has 0 aromatic heterocycles. The number of hydrogen-bond acceptors (Lipinski definition) is 5. The lowest BCUT2D eigenvalue weighted by molar-refractivity contribution is 0.0955. The van der Waals surface area contributed by atoms with Crippen LogP contribution in [-0.4, -0.2) is 31.4 Å². The van der Waals surface area contributed by atoms with E-state index in [0.717, 1.165) is 0 Å². The van der Waals surface area contributed by atoms with Gasteiger partial charge in [0.2, 0.25) is 5.75 Å². The maximum atomic E-state index is 12.0. The summed E-state index contributed by atoms with van der Waals surface area (Å²) in [7, 11) is 2.84. The standard InChI is InChI=1S/C16H14Cl2N2O4/c1-23-13-5-9(6-14(24-2)15(13)21)8-19-20-16(22)10-3-4-11(17)12(18)7-10/h3-8,21H,1-2H3,(H,20,22). The number of carbonyl (C=O) groups excluding carboxylic acids is 1. The normalized spacial score (nSPS) is 10.7. The van der Waals surface area contributed by atoms with Crippen LogP contribution in [0, 0.1) is 0 Å². The first kappa shape index (κ1) is 17.9. The number of rotatable bonds is 5. The Morgan fingerprint density at radius 3 is 2.29 bits per heavy atom. The highest BCUT2D eigenvalue weighted by atomic mass is 35.5. The number of methoxy groups -OCH3 is 2. The number of halogens is 2. The number of phenols is 1. The van der Waals surface area contributed by atoms with Crippen molar-refractivity contribution in [3.8, 4) is 17.2 Å². The molecule has 2 aromatic carbocycles. The first-order valence-corrected chi connectivity index (χ1v) is 7.45. The first-order chi connectivity index (χ1) is 11.5. The monoisotopic (exact) mass is 368 g/mol. The van der Waals surface area contributed by atoms with Gasteiger partial charge in [0.05, 0.1) is 30.5 Å². The molecule has 0 spiro atoms.